The van der Waals surface area contributed by atoms with Crippen LogP contribution in [0.2, 0.25) is 10.0 Å². The number of pyridine rings is 1. The minimum absolute atomic E-state index is 0.0145. The maximum atomic E-state index is 14.6. The van der Waals surface area contributed by atoms with Crippen molar-refractivity contribution in [1.29, 1.82) is 0 Å². The standard InChI is InChI=1S/C37H38Cl2N6O5/c1-37(2,3)50-36(48)43-9-8-30-21(19-43)7-10-44(30)35(47)32-27-6-5-20-12-31(49-4)28(22-11-23(34(40)46)18-41-17-22)16-29(20)33(27)45(42-32)26-14-24(38)13-25(39)15-26/h11-18,21,30H,5-10,19H2,1-4H3,(H2,40,46). The van der Waals surface area contributed by atoms with Crippen LogP contribution in [0.1, 0.15) is 65.6 Å². The third-order valence-corrected chi connectivity index (χ3v) is 10.1. The topological polar surface area (TPSA) is 133 Å². The Morgan fingerprint density at radius 1 is 0.940 bits per heavy atom. The van der Waals surface area contributed by atoms with E-state index < -0.39 is 11.5 Å². The maximum absolute atomic E-state index is 14.6. The smallest absolute Gasteiger partial charge is 0.410 e. The lowest BCUT2D eigenvalue weighted by atomic mass is 9.86. The monoisotopic (exact) mass is 716 g/mol. The van der Waals surface area contributed by atoms with Gasteiger partial charge in [-0.3, -0.25) is 14.6 Å². The normalized spacial score (nSPS) is 18.3. The molecule has 50 heavy (non-hydrogen) atoms. The molecule has 2 fully saturated rings. The van der Waals surface area contributed by atoms with Crippen molar-refractivity contribution in [2.45, 2.75) is 58.1 Å². The zero-order valence-electron chi connectivity index (χ0n) is 28.3. The van der Waals surface area contributed by atoms with Gasteiger partial charge in [-0.2, -0.15) is 5.10 Å². The van der Waals surface area contributed by atoms with Crippen molar-refractivity contribution in [2.75, 3.05) is 26.7 Å². The van der Waals surface area contributed by atoms with Gasteiger partial charge in [-0.15, -0.1) is 0 Å². The van der Waals surface area contributed by atoms with E-state index in [-0.39, 0.29) is 29.5 Å². The number of ether oxygens (including phenoxy) is 2. The molecule has 2 unspecified atom stereocenters. The summed E-state index contributed by atoms with van der Waals surface area (Å²) in [6, 6.07) is 10.8. The zero-order chi connectivity index (χ0) is 35.5. The fourth-order valence-electron chi connectivity index (χ4n) is 7.47. The Hall–Kier alpha value is -4.61. The van der Waals surface area contributed by atoms with Gasteiger partial charge in [0.05, 0.1) is 24.1 Å². The van der Waals surface area contributed by atoms with Gasteiger partial charge >= 0.3 is 6.09 Å². The molecule has 2 aromatic heterocycles. The van der Waals surface area contributed by atoms with Crippen LogP contribution in [0, 0.1) is 5.92 Å². The van der Waals surface area contributed by atoms with E-state index in [0.717, 1.165) is 28.8 Å². The largest absolute Gasteiger partial charge is 0.496 e. The summed E-state index contributed by atoms with van der Waals surface area (Å²) in [7, 11) is 1.60. The molecule has 4 aromatic rings. The first kappa shape index (κ1) is 33.9. The van der Waals surface area contributed by atoms with Crippen molar-refractivity contribution < 1.29 is 23.9 Å². The molecule has 2 saturated heterocycles. The average Bonchev–Trinajstić information content (AvgIpc) is 3.68. The van der Waals surface area contributed by atoms with E-state index >= 15 is 0 Å². The Balaban J connectivity index is 1.30. The van der Waals surface area contributed by atoms with E-state index in [1.807, 2.05) is 37.8 Å². The van der Waals surface area contributed by atoms with E-state index in [9.17, 15) is 14.4 Å². The van der Waals surface area contributed by atoms with Gasteiger partial charge in [0.1, 0.15) is 11.4 Å². The van der Waals surface area contributed by atoms with E-state index in [0.29, 0.717) is 77.2 Å². The van der Waals surface area contributed by atoms with E-state index in [2.05, 4.69) is 4.98 Å². The van der Waals surface area contributed by atoms with E-state index in [1.165, 1.54) is 6.20 Å². The van der Waals surface area contributed by atoms with Crippen molar-refractivity contribution >= 4 is 41.1 Å². The summed E-state index contributed by atoms with van der Waals surface area (Å²) in [5.74, 6) is 0.0363. The molecule has 7 rings (SSSR count). The number of hydrogen-bond acceptors (Lipinski definition) is 7. The molecule has 2 aliphatic heterocycles. The highest BCUT2D eigenvalue weighted by Crippen LogP contribution is 2.44. The Labute approximate surface area is 300 Å². The van der Waals surface area contributed by atoms with Crippen LogP contribution in [0.4, 0.5) is 4.79 Å². The van der Waals surface area contributed by atoms with Gasteiger partial charge in [-0.1, -0.05) is 23.2 Å². The molecule has 11 nitrogen and oxygen atoms in total. The summed E-state index contributed by atoms with van der Waals surface area (Å²) in [5, 5.41) is 5.88. The predicted octanol–water partition coefficient (Wildman–Crippen LogP) is 6.59. The summed E-state index contributed by atoms with van der Waals surface area (Å²) < 4.78 is 13.2. The molecule has 3 aliphatic rings. The summed E-state index contributed by atoms with van der Waals surface area (Å²) >= 11 is 13.0. The number of aromatic nitrogens is 3. The van der Waals surface area contributed by atoms with Crippen LogP contribution in [0.25, 0.3) is 28.1 Å². The van der Waals surface area contributed by atoms with Crippen LogP contribution in [-0.4, -0.2) is 80.9 Å². The molecule has 2 atom stereocenters. The molecular formula is C37H38Cl2N6O5. The highest BCUT2D eigenvalue weighted by Gasteiger charge is 2.44. The number of rotatable bonds is 5. The first-order valence-electron chi connectivity index (χ1n) is 16.6. The third-order valence-electron chi connectivity index (χ3n) is 9.68. The van der Waals surface area contributed by atoms with E-state index in [4.69, 9.17) is 43.5 Å². The Morgan fingerprint density at radius 3 is 2.40 bits per heavy atom. The number of primary amides is 1. The van der Waals surface area contributed by atoms with Crippen LogP contribution in [0.15, 0.2) is 48.8 Å². The number of halogens is 2. The van der Waals surface area contributed by atoms with Crippen molar-refractivity contribution in [3.63, 3.8) is 0 Å². The number of fused-ring (bicyclic) bond motifs is 4. The molecule has 4 heterocycles. The lowest BCUT2D eigenvalue weighted by Crippen LogP contribution is -2.50. The van der Waals surface area contributed by atoms with Gasteiger partial charge in [0.15, 0.2) is 5.69 Å². The van der Waals surface area contributed by atoms with Crippen LogP contribution in [0.3, 0.4) is 0 Å². The van der Waals surface area contributed by atoms with Crippen molar-refractivity contribution in [3.05, 3.63) is 81.2 Å². The highest BCUT2D eigenvalue weighted by atomic mass is 35.5. The average molecular weight is 718 g/mol. The van der Waals surface area contributed by atoms with Crippen molar-refractivity contribution in [1.82, 2.24) is 24.6 Å². The number of likely N-dealkylation sites (tertiary alicyclic amines) is 2. The minimum Gasteiger partial charge on any atom is -0.496 e. The summed E-state index contributed by atoms with van der Waals surface area (Å²) in [5.41, 5.74) is 11.1. The van der Waals surface area contributed by atoms with Gasteiger partial charge in [0.25, 0.3) is 5.91 Å². The number of carbonyl (C=O) groups excluding carboxylic acids is 3. The quantitative estimate of drug-likeness (QED) is 0.247. The second-order valence-electron chi connectivity index (χ2n) is 14.1. The predicted molar refractivity (Wildman–Crippen MR) is 190 cm³/mol. The lowest BCUT2D eigenvalue weighted by Gasteiger charge is -2.38. The van der Waals surface area contributed by atoms with Crippen molar-refractivity contribution in [2.24, 2.45) is 11.7 Å². The number of aryl methyl sites for hydroxylation is 1. The van der Waals surface area contributed by atoms with Gasteiger partial charge in [0, 0.05) is 70.4 Å². The van der Waals surface area contributed by atoms with Gasteiger partial charge < -0.3 is 25.0 Å². The SMILES string of the molecule is COc1cc2c(cc1-c1cncc(C(N)=O)c1)-c1c(c(C(=O)N3CCC4CN(C(=O)OC(C)(C)C)CCC43)nn1-c1cc(Cl)cc(Cl)c1)CC2. The number of hydrogen-bond donors (Lipinski definition) is 1. The number of carbonyl (C=O) groups is 3. The molecule has 0 spiro atoms. The lowest BCUT2D eigenvalue weighted by molar-refractivity contribution is 0.0118. The van der Waals surface area contributed by atoms with E-state index in [1.54, 1.807) is 47.2 Å². The summed E-state index contributed by atoms with van der Waals surface area (Å²) in [4.78, 5) is 47.4. The first-order chi connectivity index (χ1) is 23.8. The number of amides is 3. The molecule has 0 saturated carbocycles. The molecular weight excluding hydrogens is 679 g/mol. The number of methoxy groups -OCH3 is 1. The highest BCUT2D eigenvalue weighted by molar-refractivity contribution is 6.34. The van der Waals surface area contributed by atoms with Crippen LogP contribution < -0.4 is 10.5 Å². The number of benzene rings is 2. The number of nitrogens with two attached hydrogens (primary N) is 1. The van der Waals surface area contributed by atoms with Gasteiger partial charge in [-0.25, -0.2) is 9.48 Å². The number of nitrogens with zero attached hydrogens (tertiary/aromatic N) is 5. The molecule has 2 N–H and O–H groups in total. The molecule has 0 bridgehead atoms. The fraction of sp³-hybridized carbons (Fsp3) is 0.378. The Morgan fingerprint density at radius 2 is 1.70 bits per heavy atom. The third kappa shape index (κ3) is 6.28. The fourth-order valence-corrected chi connectivity index (χ4v) is 7.99. The van der Waals surface area contributed by atoms with Crippen LogP contribution in [0.5, 0.6) is 5.75 Å². The second kappa shape index (κ2) is 12.9. The molecule has 260 valence electrons. The zero-order valence-corrected chi connectivity index (χ0v) is 29.8. The molecule has 3 amide bonds. The first-order valence-corrected chi connectivity index (χ1v) is 17.4. The maximum Gasteiger partial charge on any atom is 0.410 e. The molecule has 1 aliphatic carbocycles. The number of piperidine rings is 1. The van der Waals surface area contributed by atoms with Crippen LogP contribution >= 0.6 is 23.2 Å². The molecule has 2 aromatic carbocycles. The van der Waals surface area contributed by atoms with Crippen LogP contribution in [-0.2, 0) is 17.6 Å². The minimum atomic E-state index is -0.586. The second-order valence-corrected chi connectivity index (χ2v) is 15.0. The van der Waals surface area contributed by atoms with Gasteiger partial charge in [0.2, 0.25) is 5.91 Å². The van der Waals surface area contributed by atoms with Crippen molar-refractivity contribution in [3.8, 4) is 33.8 Å². The summed E-state index contributed by atoms with van der Waals surface area (Å²) in [6.07, 6.45) is 5.43. The molecule has 0 radical (unpaired) electrons. The summed E-state index contributed by atoms with van der Waals surface area (Å²) in [6.45, 7) is 7.21. The van der Waals surface area contributed by atoms with Gasteiger partial charge in [-0.05, 0) is 94.3 Å². The Kier molecular flexibility index (Phi) is 8.76. The molecule has 13 heteroatoms. The Bertz CT molecular complexity index is 2020.